The summed E-state index contributed by atoms with van der Waals surface area (Å²) < 4.78 is 0.897. The first-order valence-electron chi connectivity index (χ1n) is 6.64. The smallest absolute Gasteiger partial charge is 0.0931 e. The lowest BCUT2D eigenvalue weighted by Crippen LogP contribution is -2.66. The van der Waals surface area contributed by atoms with Crippen LogP contribution in [0.15, 0.2) is 12.1 Å². The number of nitrogens with one attached hydrogen (secondary N) is 1. The Kier molecular flexibility index (Phi) is 3.91. The number of halogens is 1. The number of likely N-dealkylation sites (N-methyl/N-ethyl adjacent to an activating group) is 1. The van der Waals surface area contributed by atoms with Crippen LogP contribution < -0.4 is 5.32 Å². The third kappa shape index (κ3) is 2.58. The molecule has 5 heteroatoms. The highest BCUT2D eigenvalue weighted by atomic mass is 35.5. The van der Waals surface area contributed by atoms with E-state index in [0.29, 0.717) is 12.1 Å². The molecule has 3 aliphatic rings. The summed E-state index contributed by atoms with van der Waals surface area (Å²) in [6.07, 6.45) is 1.09. The molecule has 0 spiro atoms. The Labute approximate surface area is 118 Å². The van der Waals surface area contributed by atoms with Gasteiger partial charge in [0.25, 0.3) is 0 Å². The average molecular weight is 286 g/mol. The highest BCUT2D eigenvalue weighted by molar-refractivity contribution is 7.16. The van der Waals surface area contributed by atoms with E-state index in [1.165, 1.54) is 37.6 Å². The van der Waals surface area contributed by atoms with Crippen LogP contribution in [-0.4, -0.2) is 61.7 Å². The Morgan fingerprint density at radius 1 is 1.39 bits per heavy atom. The predicted molar refractivity (Wildman–Crippen MR) is 77.7 cm³/mol. The summed E-state index contributed by atoms with van der Waals surface area (Å²) in [5.74, 6) is 0. The molecule has 100 valence electrons. The van der Waals surface area contributed by atoms with Gasteiger partial charge in [-0.3, -0.25) is 9.80 Å². The van der Waals surface area contributed by atoms with Crippen LogP contribution in [0.1, 0.15) is 4.88 Å². The number of rotatable bonds is 4. The number of thiophene rings is 1. The standard InChI is InChI=1S/C13H20ClN3S/c1-15-11(8-10-2-3-13(14)18-10)12-9-16-4-6-17(12)7-5-16/h2-3,11-12,15H,4-9H2,1H3. The molecule has 3 aliphatic heterocycles. The quantitative estimate of drug-likeness (QED) is 0.905. The SMILES string of the molecule is CNC(Cc1ccc(Cl)s1)C1CN2CCN1CC2. The fourth-order valence-corrected chi connectivity index (χ4v) is 4.29. The Bertz CT molecular complexity index is 401. The van der Waals surface area contributed by atoms with Gasteiger partial charge in [0, 0.05) is 49.7 Å². The third-order valence-electron chi connectivity index (χ3n) is 4.21. The summed E-state index contributed by atoms with van der Waals surface area (Å²) >= 11 is 7.72. The van der Waals surface area contributed by atoms with E-state index in [0.717, 1.165) is 10.8 Å². The molecule has 4 heterocycles. The van der Waals surface area contributed by atoms with Gasteiger partial charge in [0.15, 0.2) is 0 Å². The molecule has 1 aromatic heterocycles. The zero-order valence-corrected chi connectivity index (χ0v) is 12.3. The number of hydrogen-bond donors (Lipinski definition) is 1. The molecular weight excluding hydrogens is 266 g/mol. The van der Waals surface area contributed by atoms with Crippen molar-refractivity contribution in [3.63, 3.8) is 0 Å². The summed E-state index contributed by atoms with van der Waals surface area (Å²) in [5.41, 5.74) is 0. The van der Waals surface area contributed by atoms with E-state index in [1.54, 1.807) is 11.3 Å². The van der Waals surface area contributed by atoms with Gasteiger partial charge in [-0.15, -0.1) is 11.3 Å². The van der Waals surface area contributed by atoms with Gasteiger partial charge < -0.3 is 5.32 Å². The molecule has 18 heavy (non-hydrogen) atoms. The van der Waals surface area contributed by atoms with Crippen molar-refractivity contribution in [2.75, 3.05) is 39.8 Å². The molecule has 0 amide bonds. The van der Waals surface area contributed by atoms with Crippen molar-refractivity contribution in [3.05, 3.63) is 21.3 Å². The van der Waals surface area contributed by atoms with Crippen LogP contribution in [0, 0.1) is 0 Å². The lowest BCUT2D eigenvalue weighted by atomic mass is 9.97. The van der Waals surface area contributed by atoms with Gasteiger partial charge in [0.1, 0.15) is 0 Å². The van der Waals surface area contributed by atoms with Crippen LogP contribution in [0.25, 0.3) is 0 Å². The largest absolute Gasteiger partial charge is 0.315 e. The molecule has 2 atom stereocenters. The summed E-state index contributed by atoms with van der Waals surface area (Å²) in [6, 6.07) is 5.35. The second-order valence-corrected chi connectivity index (χ2v) is 7.01. The fraction of sp³-hybridized carbons (Fsp3) is 0.692. The molecule has 4 rings (SSSR count). The van der Waals surface area contributed by atoms with E-state index in [-0.39, 0.29) is 0 Å². The van der Waals surface area contributed by atoms with Gasteiger partial charge in [-0.1, -0.05) is 11.6 Å². The number of fused-ring (bicyclic) bond motifs is 3. The maximum atomic E-state index is 6.02. The summed E-state index contributed by atoms with van der Waals surface area (Å²) in [4.78, 5) is 6.63. The van der Waals surface area contributed by atoms with Gasteiger partial charge in [0.05, 0.1) is 4.34 Å². The normalized spacial score (nSPS) is 32.7. The maximum absolute atomic E-state index is 6.02. The Hall–Kier alpha value is -0.130. The van der Waals surface area contributed by atoms with Crippen molar-refractivity contribution < 1.29 is 0 Å². The monoisotopic (exact) mass is 285 g/mol. The lowest BCUT2D eigenvalue weighted by molar-refractivity contribution is -0.00191. The molecule has 3 saturated heterocycles. The first-order valence-corrected chi connectivity index (χ1v) is 7.83. The van der Waals surface area contributed by atoms with E-state index < -0.39 is 0 Å². The number of piperazine rings is 3. The molecule has 2 unspecified atom stereocenters. The Morgan fingerprint density at radius 2 is 2.17 bits per heavy atom. The van der Waals surface area contributed by atoms with Gasteiger partial charge in [-0.05, 0) is 25.6 Å². The van der Waals surface area contributed by atoms with Crippen molar-refractivity contribution >= 4 is 22.9 Å². The Balaban J connectivity index is 1.68. The molecule has 3 nitrogen and oxygen atoms in total. The van der Waals surface area contributed by atoms with Crippen molar-refractivity contribution in [1.82, 2.24) is 15.1 Å². The second kappa shape index (κ2) is 5.47. The number of nitrogens with zero attached hydrogens (tertiary/aromatic N) is 2. The van der Waals surface area contributed by atoms with Crippen LogP contribution in [0.2, 0.25) is 4.34 Å². The van der Waals surface area contributed by atoms with Crippen molar-refractivity contribution in [2.24, 2.45) is 0 Å². The van der Waals surface area contributed by atoms with Gasteiger partial charge >= 0.3 is 0 Å². The molecular formula is C13H20ClN3S. The van der Waals surface area contributed by atoms with Crippen LogP contribution in [0.4, 0.5) is 0 Å². The molecule has 1 N–H and O–H groups in total. The Morgan fingerprint density at radius 3 is 2.67 bits per heavy atom. The van der Waals surface area contributed by atoms with Gasteiger partial charge in [0.2, 0.25) is 0 Å². The summed E-state index contributed by atoms with van der Waals surface area (Å²) in [6.45, 7) is 6.17. The van der Waals surface area contributed by atoms with Gasteiger partial charge in [-0.25, -0.2) is 0 Å². The number of hydrogen-bond acceptors (Lipinski definition) is 4. The van der Waals surface area contributed by atoms with Crippen LogP contribution >= 0.6 is 22.9 Å². The zero-order chi connectivity index (χ0) is 12.5. The fourth-order valence-electron chi connectivity index (χ4n) is 3.15. The minimum Gasteiger partial charge on any atom is -0.315 e. The molecule has 0 aliphatic carbocycles. The molecule has 1 aromatic rings. The molecule has 3 fully saturated rings. The van der Waals surface area contributed by atoms with E-state index in [1.807, 2.05) is 6.07 Å². The van der Waals surface area contributed by atoms with Crippen LogP contribution in [0.5, 0.6) is 0 Å². The first kappa shape index (κ1) is 12.9. The molecule has 0 radical (unpaired) electrons. The lowest BCUT2D eigenvalue weighted by Gasteiger charge is -2.50. The highest BCUT2D eigenvalue weighted by Gasteiger charge is 2.36. The van der Waals surface area contributed by atoms with Crippen molar-refractivity contribution in [3.8, 4) is 0 Å². The van der Waals surface area contributed by atoms with E-state index in [9.17, 15) is 0 Å². The zero-order valence-electron chi connectivity index (χ0n) is 10.7. The second-order valence-electron chi connectivity index (χ2n) is 5.21. The van der Waals surface area contributed by atoms with E-state index in [4.69, 9.17) is 11.6 Å². The van der Waals surface area contributed by atoms with Gasteiger partial charge in [-0.2, -0.15) is 0 Å². The van der Waals surface area contributed by atoms with E-state index >= 15 is 0 Å². The average Bonchev–Trinajstić information content (AvgIpc) is 2.83. The molecule has 0 aromatic carbocycles. The summed E-state index contributed by atoms with van der Waals surface area (Å²) in [5, 5.41) is 3.51. The van der Waals surface area contributed by atoms with Crippen LogP contribution in [0.3, 0.4) is 0 Å². The third-order valence-corrected chi connectivity index (χ3v) is 5.46. The minimum atomic E-state index is 0.530. The minimum absolute atomic E-state index is 0.530. The topological polar surface area (TPSA) is 18.5 Å². The predicted octanol–water partition coefficient (Wildman–Crippen LogP) is 1.53. The molecule has 2 bridgehead atoms. The first-order chi connectivity index (χ1) is 8.76. The van der Waals surface area contributed by atoms with Crippen molar-refractivity contribution in [2.45, 2.75) is 18.5 Å². The van der Waals surface area contributed by atoms with Crippen molar-refractivity contribution in [1.29, 1.82) is 0 Å². The molecule has 0 saturated carbocycles. The van der Waals surface area contributed by atoms with E-state index in [2.05, 4.69) is 28.2 Å². The van der Waals surface area contributed by atoms with Crippen LogP contribution in [-0.2, 0) is 6.42 Å². The summed E-state index contributed by atoms with van der Waals surface area (Å²) in [7, 11) is 2.08. The highest BCUT2D eigenvalue weighted by Crippen LogP contribution is 2.25. The maximum Gasteiger partial charge on any atom is 0.0931 e.